The van der Waals surface area contributed by atoms with E-state index >= 15 is 0 Å². The molecule has 0 bridgehead atoms. The molecule has 98 valence electrons. The van der Waals surface area contributed by atoms with E-state index in [9.17, 15) is 0 Å². The second-order valence-corrected chi connectivity index (χ2v) is 6.20. The molecule has 0 aliphatic rings. The Bertz CT molecular complexity index is 298. The molecule has 0 radical (unpaired) electrons. The van der Waals surface area contributed by atoms with Crippen LogP contribution in [0.3, 0.4) is 0 Å². The summed E-state index contributed by atoms with van der Waals surface area (Å²) in [6.07, 6.45) is 7.96. The lowest BCUT2D eigenvalue weighted by Gasteiger charge is -2.16. The minimum absolute atomic E-state index is 0.499. The van der Waals surface area contributed by atoms with Gasteiger partial charge >= 0.3 is 0 Å². The number of nitrogens with one attached hydrogen (secondary N) is 1. The zero-order chi connectivity index (χ0) is 12.5. The van der Waals surface area contributed by atoms with Crippen LogP contribution in [0, 0.1) is 0 Å². The van der Waals surface area contributed by atoms with Crippen LogP contribution in [0.1, 0.15) is 63.3 Å². The van der Waals surface area contributed by atoms with Crippen LogP contribution < -0.4 is 5.32 Å². The van der Waals surface area contributed by atoms with Gasteiger partial charge in [0.05, 0.1) is 4.34 Å². The maximum Gasteiger partial charge on any atom is 0.0931 e. The average molecular weight is 274 g/mol. The predicted octanol–water partition coefficient (Wildman–Crippen LogP) is 5.41. The summed E-state index contributed by atoms with van der Waals surface area (Å²) in [5.74, 6) is 0. The lowest BCUT2D eigenvalue weighted by atomic mass is 10.1. The highest BCUT2D eigenvalue weighted by molar-refractivity contribution is 7.16. The molecule has 1 heterocycles. The molecule has 1 unspecified atom stereocenters. The van der Waals surface area contributed by atoms with Gasteiger partial charge in [0.2, 0.25) is 0 Å². The fraction of sp³-hybridized carbons (Fsp3) is 0.714. The van der Waals surface area contributed by atoms with E-state index in [1.165, 1.54) is 43.4 Å². The van der Waals surface area contributed by atoms with Gasteiger partial charge in [0.25, 0.3) is 0 Å². The molecule has 0 saturated carbocycles. The lowest BCUT2D eigenvalue weighted by Crippen LogP contribution is -2.19. The second-order valence-electron chi connectivity index (χ2n) is 4.46. The molecule has 1 aromatic rings. The summed E-state index contributed by atoms with van der Waals surface area (Å²) < 4.78 is 0.897. The van der Waals surface area contributed by atoms with Crippen molar-refractivity contribution in [1.82, 2.24) is 5.32 Å². The fourth-order valence-electron chi connectivity index (χ4n) is 2.06. The number of thiophene rings is 1. The lowest BCUT2D eigenvalue weighted by molar-refractivity contribution is 0.484. The molecule has 1 N–H and O–H groups in total. The minimum atomic E-state index is 0.499. The second kappa shape index (κ2) is 8.96. The van der Waals surface area contributed by atoms with Gasteiger partial charge in [-0.1, -0.05) is 57.6 Å². The molecule has 1 nitrogen and oxygen atoms in total. The molecule has 0 aromatic carbocycles. The number of hydrogen-bond acceptors (Lipinski definition) is 2. The van der Waals surface area contributed by atoms with E-state index in [-0.39, 0.29) is 0 Å². The van der Waals surface area contributed by atoms with Crippen LogP contribution in [0.5, 0.6) is 0 Å². The van der Waals surface area contributed by atoms with Crippen LogP contribution in [0.15, 0.2) is 12.1 Å². The summed E-state index contributed by atoms with van der Waals surface area (Å²) >= 11 is 7.70. The van der Waals surface area contributed by atoms with Gasteiger partial charge in [0.1, 0.15) is 0 Å². The summed E-state index contributed by atoms with van der Waals surface area (Å²) in [6, 6.07) is 4.66. The van der Waals surface area contributed by atoms with E-state index in [1.807, 2.05) is 6.07 Å². The van der Waals surface area contributed by atoms with Crippen molar-refractivity contribution < 1.29 is 0 Å². The molecule has 1 aromatic heterocycles. The van der Waals surface area contributed by atoms with E-state index in [4.69, 9.17) is 11.6 Å². The minimum Gasteiger partial charge on any atom is -0.310 e. The smallest absolute Gasteiger partial charge is 0.0931 e. The molecular formula is C14H24ClNS. The molecule has 0 aliphatic carbocycles. The Labute approximate surface area is 115 Å². The molecule has 0 amide bonds. The summed E-state index contributed by atoms with van der Waals surface area (Å²) in [6.45, 7) is 5.45. The molecule has 17 heavy (non-hydrogen) atoms. The van der Waals surface area contributed by atoms with Gasteiger partial charge in [-0.15, -0.1) is 11.3 Å². The summed E-state index contributed by atoms with van der Waals surface area (Å²) in [4.78, 5) is 1.38. The van der Waals surface area contributed by atoms with Crippen molar-refractivity contribution in [3.63, 3.8) is 0 Å². The van der Waals surface area contributed by atoms with Gasteiger partial charge in [0.15, 0.2) is 0 Å². The van der Waals surface area contributed by atoms with Crippen LogP contribution in [0.2, 0.25) is 4.34 Å². The number of hydrogen-bond donors (Lipinski definition) is 1. The molecule has 0 aliphatic heterocycles. The van der Waals surface area contributed by atoms with Crippen molar-refractivity contribution in [2.24, 2.45) is 0 Å². The highest BCUT2D eigenvalue weighted by atomic mass is 35.5. The first kappa shape index (κ1) is 15.0. The summed E-state index contributed by atoms with van der Waals surface area (Å²) in [5.41, 5.74) is 0. The highest BCUT2D eigenvalue weighted by Crippen LogP contribution is 2.29. The van der Waals surface area contributed by atoms with Gasteiger partial charge in [0, 0.05) is 10.9 Å². The number of unbranched alkanes of at least 4 members (excludes halogenated alkanes) is 4. The first-order chi connectivity index (χ1) is 8.27. The predicted molar refractivity (Wildman–Crippen MR) is 79.1 cm³/mol. The maximum atomic E-state index is 6.00. The van der Waals surface area contributed by atoms with E-state index in [2.05, 4.69) is 25.2 Å². The topological polar surface area (TPSA) is 12.0 Å². The Balaban J connectivity index is 2.33. The van der Waals surface area contributed by atoms with Crippen molar-refractivity contribution in [2.75, 3.05) is 6.54 Å². The van der Waals surface area contributed by atoms with E-state index in [0.717, 1.165) is 10.9 Å². The first-order valence-electron chi connectivity index (χ1n) is 6.76. The third-order valence-electron chi connectivity index (χ3n) is 2.98. The van der Waals surface area contributed by atoms with E-state index in [1.54, 1.807) is 11.3 Å². The monoisotopic (exact) mass is 273 g/mol. The average Bonchev–Trinajstić information content (AvgIpc) is 2.74. The maximum absolute atomic E-state index is 6.00. The fourth-order valence-corrected chi connectivity index (χ4v) is 3.23. The van der Waals surface area contributed by atoms with Crippen LogP contribution >= 0.6 is 22.9 Å². The van der Waals surface area contributed by atoms with Crippen molar-refractivity contribution in [1.29, 1.82) is 0 Å². The van der Waals surface area contributed by atoms with Crippen molar-refractivity contribution >= 4 is 22.9 Å². The Morgan fingerprint density at radius 2 is 1.94 bits per heavy atom. The van der Waals surface area contributed by atoms with E-state index in [0.29, 0.717) is 6.04 Å². The molecular weight excluding hydrogens is 250 g/mol. The number of halogens is 1. The van der Waals surface area contributed by atoms with Crippen LogP contribution in [-0.4, -0.2) is 6.54 Å². The van der Waals surface area contributed by atoms with Gasteiger partial charge < -0.3 is 5.32 Å². The SMILES string of the molecule is CCCCCCCC(NCC)c1ccc(Cl)s1. The summed E-state index contributed by atoms with van der Waals surface area (Å²) in [7, 11) is 0. The van der Waals surface area contributed by atoms with E-state index < -0.39 is 0 Å². The largest absolute Gasteiger partial charge is 0.310 e. The molecule has 3 heteroatoms. The summed E-state index contributed by atoms with van der Waals surface area (Å²) in [5, 5.41) is 3.55. The Kier molecular flexibility index (Phi) is 7.91. The van der Waals surface area contributed by atoms with Gasteiger partial charge in [-0.3, -0.25) is 0 Å². The molecule has 1 atom stereocenters. The third-order valence-corrected chi connectivity index (χ3v) is 4.33. The van der Waals surface area contributed by atoms with Gasteiger partial charge in [-0.05, 0) is 25.1 Å². The molecule has 0 saturated heterocycles. The van der Waals surface area contributed by atoms with Crippen LogP contribution in [0.4, 0.5) is 0 Å². The first-order valence-corrected chi connectivity index (χ1v) is 7.96. The molecule has 0 spiro atoms. The molecule has 1 rings (SSSR count). The van der Waals surface area contributed by atoms with Crippen LogP contribution in [-0.2, 0) is 0 Å². The number of rotatable bonds is 9. The Hall–Kier alpha value is -0.0500. The standard InChI is InChI=1S/C14H24ClNS/c1-3-5-6-7-8-9-12(16-4-2)13-10-11-14(15)17-13/h10-12,16H,3-9H2,1-2H3. The van der Waals surface area contributed by atoms with Crippen molar-refractivity contribution in [3.05, 3.63) is 21.3 Å². The van der Waals surface area contributed by atoms with Crippen LogP contribution in [0.25, 0.3) is 0 Å². The molecule has 0 fully saturated rings. The zero-order valence-electron chi connectivity index (χ0n) is 11.0. The normalized spacial score (nSPS) is 12.9. The van der Waals surface area contributed by atoms with Gasteiger partial charge in [-0.2, -0.15) is 0 Å². The third kappa shape index (κ3) is 5.89. The quantitative estimate of drug-likeness (QED) is 0.593. The zero-order valence-corrected chi connectivity index (χ0v) is 12.5. The van der Waals surface area contributed by atoms with Crippen molar-refractivity contribution in [3.8, 4) is 0 Å². The highest BCUT2D eigenvalue weighted by Gasteiger charge is 2.11. The van der Waals surface area contributed by atoms with Crippen molar-refractivity contribution in [2.45, 2.75) is 58.4 Å². The van der Waals surface area contributed by atoms with Gasteiger partial charge in [-0.25, -0.2) is 0 Å². The Morgan fingerprint density at radius 1 is 1.18 bits per heavy atom. The Morgan fingerprint density at radius 3 is 2.53 bits per heavy atom.